The molecule has 8 heteroatoms. The van der Waals surface area contributed by atoms with Crippen molar-refractivity contribution in [1.82, 2.24) is 20.4 Å². The predicted molar refractivity (Wildman–Crippen MR) is 92.1 cm³/mol. The third kappa shape index (κ3) is 3.80. The molecule has 124 valence electrons. The lowest BCUT2D eigenvalue weighted by atomic mass is 10.2. The van der Waals surface area contributed by atoms with Gasteiger partial charge in [0.05, 0.1) is 5.69 Å². The van der Waals surface area contributed by atoms with Gasteiger partial charge >= 0.3 is 0 Å². The van der Waals surface area contributed by atoms with Gasteiger partial charge in [0.25, 0.3) is 5.89 Å². The van der Waals surface area contributed by atoms with E-state index in [9.17, 15) is 0 Å². The maximum absolute atomic E-state index is 5.62. The van der Waals surface area contributed by atoms with Crippen LogP contribution in [0.1, 0.15) is 24.2 Å². The summed E-state index contributed by atoms with van der Waals surface area (Å²) in [6, 6.07) is 4.15. The van der Waals surface area contributed by atoms with Crippen molar-refractivity contribution in [2.45, 2.75) is 33.2 Å². The van der Waals surface area contributed by atoms with E-state index in [0.717, 1.165) is 33.5 Å². The smallest absolute Gasteiger partial charge is 0.269 e. The molecule has 3 heterocycles. The fourth-order valence-corrected chi connectivity index (χ4v) is 3.00. The molecule has 0 radical (unpaired) electrons. The molecule has 0 amide bonds. The summed E-state index contributed by atoms with van der Waals surface area (Å²) in [5, 5.41) is 8.02. The Kier molecular flexibility index (Phi) is 5.56. The molecule has 1 atom stereocenters. The molecule has 0 fully saturated rings. The van der Waals surface area contributed by atoms with Crippen molar-refractivity contribution in [3.05, 3.63) is 29.4 Å². The van der Waals surface area contributed by atoms with Gasteiger partial charge in [-0.3, -0.25) is 0 Å². The molecule has 3 aromatic rings. The van der Waals surface area contributed by atoms with E-state index < -0.39 is 0 Å². The first-order chi connectivity index (χ1) is 10.6. The van der Waals surface area contributed by atoms with Crippen molar-refractivity contribution in [2.24, 2.45) is 0 Å². The van der Waals surface area contributed by atoms with Crippen molar-refractivity contribution in [2.75, 3.05) is 7.05 Å². The molecule has 3 aromatic heterocycles. The second-order valence-corrected chi connectivity index (χ2v) is 6.25. The number of aromatic nitrogens is 3. The summed E-state index contributed by atoms with van der Waals surface area (Å²) >= 11 is 1.50. The van der Waals surface area contributed by atoms with Gasteiger partial charge in [-0.25, -0.2) is 4.98 Å². The highest BCUT2D eigenvalue weighted by molar-refractivity contribution is 7.18. The van der Waals surface area contributed by atoms with E-state index in [1.807, 2.05) is 33.0 Å². The van der Waals surface area contributed by atoms with Crippen LogP contribution >= 0.6 is 23.7 Å². The fraction of sp³-hybridized carbons (Fsp3) is 0.400. The molecule has 23 heavy (non-hydrogen) atoms. The summed E-state index contributed by atoms with van der Waals surface area (Å²) in [5.74, 6) is 2.84. The Labute approximate surface area is 144 Å². The number of likely N-dealkylation sites (N-methyl/N-ethyl adjacent to an activating group) is 1. The summed E-state index contributed by atoms with van der Waals surface area (Å²) in [6.45, 7) is 5.93. The number of thiazole rings is 1. The quantitative estimate of drug-likeness (QED) is 0.753. The van der Waals surface area contributed by atoms with Crippen LogP contribution in [-0.4, -0.2) is 28.2 Å². The summed E-state index contributed by atoms with van der Waals surface area (Å²) in [4.78, 5) is 9.89. The largest absolute Gasteiger partial charge is 0.459 e. The van der Waals surface area contributed by atoms with Crippen LogP contribution in [0.2, 0.25) is 0 Å². The second kappa shape index (κ2) is 7.25. The number of nitrogens with zero attached hydrogens (tertiary/aromatic N) is 3. The number of aryl methyl sites for hydroxylation is 2. The van der Waals surface area contributed by atoms with Crippen molar-refractivity contribution in [3.63, 3.8) is 0 Å². The highest BCUT2D eigenvalue weighted by Gasteiger charge is 2.19. The average molecular weight is 355 g/mol. The molecular weight excluding hydrogens is 336 g/mol. The normalized spacial score (nSPS) is 12.2. The highest BCUT2D eigenvalue weighted by Crippen LogP contribution is 2.35. The van der Waals surface area contributed by atoms with Crippen LogP contribution in [0.15, 0.2) is 21.1 Å². The first-order valence-electron chi connectivity index (χ1n) is 7.11. The van der Waals surface area contributed by atoms with Gasteiger partial charge in [-0.05, 0) is 40.0 Å². The summed E-state index contributed by atoms with van der Waals surface area (Å²) < 4.78 is 11.0. The summed E-state index contributed by atoms with van der Waals surface area (Å²) in [6.07, 6.45) is 0.724. The van der Waals surface area contributed by atoms with Crippen LogP contribution in [0, 0.1) is 13.8 Å². The lowest BCUT2D eigenvalue weighted by Gasteiger charge is -2.04. The first-order valence-corrected chi connectivity index (χ1v) is 7.93. The van der Waals surface area contributed by atoms with Gasteiger partial charge in [0.15, 0.2) is 16.6 Å². The number of hydrogen-bond donors (Lipinski definition) is 1. The van der Waals surface area contributed by atoms with Crippen molar-refractivity contribution in [1.29, 1.82) is 0 Å². The van der Waals surface area contributed by atoms with Crippen LogP contribution in [0.4, 0.5) is 0 Å². The van der Waals surface area contributed by atoms with E-state index in [2.05, 4.69) is 27.4 Å². The molecule has 0 aliphatic carbocycles. The molecule has 0 saturated carbocycles. The maximum Gasteiger partial charge on any atom is 0.269 e. The minimum absolute atomic E-state index is 0. The Hall–Kier alpha value is -1.70. The molecule has 0 bridgehead atoms. The number of halogens is 1. The second-order valence-electron chi connectivity index (χ2n) is 5.25. The summed E-state index contributed by atoms with van der Waals surface area (Å²) in [7, 11) is 1.91. The monoisotopic (exact) mass is 354 g/mol. The van der Waals surface area contributed by atoms with Crippen LogP contribution in [0.25, 0.3) is 21.5 Å². The van der Waals surface area contributed by atoms with E-state index in [0.29, 0.717) is 17.8 Å². The van der Waals surface area contributed by atoms with Gasteiger partial charge in [-0.2, -0.15) is 4.98 Å². The Balaban J connectivity index is 0.00000192. The topological polar surface area (TPSA) is 77.0 Å². The molecule has 3 rings (SSSR count). The predicted octanol–water partition coefficient (Wildman–Crippen LogP) is 3.64. The minimum Gasteiger partial charge on any atom is -0.459 e. The SMILES string of the molecule is CNC(C)Cc1noc(-c2sc(-c3ccc(C)o3)nc2C)n1.Cl. The molecule has 0 aliphatic rings. The minimum atomic E-state index is 0. The number of hydrogen-bond acceptors (Lipinski definition) is 7. The van der Waals surface area contributed by atoms with E-state index >= 15 is 0 Å². The Bertz CT molecular complexity index is 780. The van der Waals surface area contributed by atoms with Crippen LogP contribution in [-0.2, 0) is 6.42 Å². The van der Waals surface area contributed by atoms with Crippen molar-refractivity contribution >= 4 is 23.7 Å². The zero-order chi connectivity index (χ0) is 15.7. The molecule has 0 saturated heterocycles. The van der Waals surface area contributed by atoms with E-state index in [1.54, 1.807) is 0 Å². The molecule has 1 unspecified atom stereocenters. The lowest BCUT2D eigenvalue weighted by Crippen LogP contribution is -2.24. The van der Waals surface area contributed by atoms with E-state index in [4.69, 9.17) is 8.94 Å². The maximum atomic E-state index is 5.62. The van der Waals surface area contributed by atoms with E-state index in [1.165, 1.54) is 11.3 Å². The van der Waals surface area contributed by atoms with Gasteiger partial charge in [-0.1, -0.05) is 5.16 Å². The molecule has 0 aromatic carbocycles. The highest BCUT2D eigenvalue weighted by atomic mass is 35.5. The molecule has 1 N–H and O–H groups in total. The number of rotatable bonds is 5. The molecular formula is C15H19ClN4O2S. The zero-order valence-electron chi connectivity index (χ0n) is 13.4. The third-order valence-electron chi connectivity index (χ3n) is 3.39. The number of furan rings is 1. The van der Waals surface area contributed by atoms with Gasteiger partial charge in [-0.15, -0.1) is 23.7 Å². The summed E-state index contributed by atoms with van der Waals surface area (Å²) in [5.41, 5.74) is 0.867. The average Bonchev–Trinajstić information content (AvgIpc) is 3.19. The standard InChI is InChI=1S/C15H18N4O2S.ClH/c1-8(16-4)7-12-18-14(21-19-12)13-10(3)17-15(22-13)11-6-5-9(2)20-11;/h5-6,8,16H,7H2,1-4H3;1H. The zero-order valence-corrected chi connectivity index (χ0v) is 15.0. The van der Waals surface area contributed by atoms with Gasteiger partial charge in [0, 0.05) is 12.5 Å². The van der Waals surface area contributed by atoms with Gasteiger partial charge in [0.2, 0.25) is 0 Å². The molecule has 0 aliphatic heterocycles. The van der Waals surface area contributed by atoms with Crippen molar-refractivity contribution in [3.8, 4) is 21.5 Å². The van der Waals surface area contributed by atoms with Crippen LogP contribution in [0.3, 0.4) is 0 Å². The Morgan fingerprint density at radius 3 is 2.70 bits per heavy atom. The molecule has 0 spiro atoms. The number of nitrogens with one attached hydrogen (secondary N) is 1. The third-order valence-corrected chi connectivity index (χ3v) is 4.55. The molecule has 6 nitrogen and oxygen atoms in total. The lowest BCUT2D eigenvalue weighted by molar-refractivity contribution is 0.418. The van der Waals surface area contributed by atoms with Crippen LogP contribution < -0.4 is 5.32 Å². The van der Waals surface area contributed by atoms with Crippen molar-refractivity contribution < 1.29 is 8.94 Å². The first kappa shape index (κ1) is 17.7. The fourth-order valence-electron chi connectivity index (χ4n) is 2.05. The Morgan fingerprint density at radius 2 is 2.04 bits per heavy atom. The van der Waals surface area contributed by atoms with Gasteiger partial charge < -0.3 is 14.3 Å². The van der Waals surface area contributed by atoms with Gasteiger partial charge in [0.1, 0.15) is 10.6 Å². The Morgan fingerprint density at radius 1 is 1.26 bits per heavy atom. The van der Waals surface area contributed by atoms with E-state index in [-0.39, 0.29) is 12.4 Å². The van der Waals surface area contributed by atoms with Crippen LogP contribution in [0.5, 0.6) is 0 Å².